The summed E-state index contributed by atoms with van der Waals surface area (Å²) >= 11 is 0. The Bertz CT molecular complexity index is 646. The zero-order valence-electron chi connectivity index (χ0n) is 20.5. The third-order valence-electron chi connectivity index (χ3n) is 4.66. The summed E-state index contributed by atoms with van der Waals surface area (Å²) < 4.78 is 34.9. The molecule has 0 aliphatic carbocycles. The summed E-state index contributed by atoms with van der Waals surface area (Å²) in [6.07, 6.45) is -0.0867. The predicted octanol–water partition coefficient (Wildman–Crippen LogP) is 5.00. The number of benzene rings is 2. The van der Waals surface area contributed by atoms with Crippen LogP contribution in [0.5, 0.6) is 0 Å². The predicted molar refractivity (Wildman–Crippen MR) is 129 cm³/mol. The average Bonchev–Trinajstić information content (AvgIpc) is 2.82. The largest absolute Gasteiger partial charge is 0.376 e. The highest BCUT2D eigenvalue weighted by Crippen LogP contribution is 2.08. The van der Waals surface area contributed by atoms with Crippen LogP contribution >= 0.6 is 0 Å². The number of hydrogen-bond acceptors (Lipinski definition) is 6. The second kappa shape index (κ2) is 16.8. The number of rotatable bonds is 18. The van der Waals surface area contributed by atoms with Crippen LogP contribution in [-0.4, -0.2) is 57.6 Å². The van der Waals surface area contributed by atoms with Crippen LogP contribution in [0.25, 0.3) is 0 Å². The van der Waals surface area contributed by atoms with Gasteiger partial charge in [0, 0.05) is 0 Å². The molecule has 2 aromatic carbocycles. The number of hydrogen-bond donors (Lipinski definition) is 0. The molecule has 2 rings (SSSR count). The first-order chi connectivity index (χ1) is 16.0. The maximum absolute atomic E-state index is 6.01. The lowest BCUT2D eigenvalue weighted by atomic mass is 10.2. The highest BCUT2D eigenvalue weighted by atomic mass is 16.7. The van der Waals surface area contributed by atoms with Gasteiger partial charge >= 0.3 is 0 Å². The molecule has 0 saturated carbocycles. The van der Waals surface area contributed by atoms with Crippen molar-refractivity contribution in [3.05, 3.63) is 71.8 Å². The van der Waals surface area contributed by atoms with Crippen LogP contribution in [0.4, 0.5) is 0 Å². The minimum absolute atomic E-state index is 0.132. The third kappa shape index (κ3) is 13.5. The first-order valence-electron chi connectivity index (χ1n) is 11.7. The second-order valence-electron chi connectivity index (χ2n) is 8.46. The second-order valence-corrected chi connectivity index (χ2v) is 8.46. The minimum atomic E-state index is -0.175. The Kier molecular flexibility index (Phi) is 13.9. The lowest BCUT2D eigenvalue weighted by Gasteiger charge is -2.21. The summed E-state index contributed by atoms with van der Waals surface area (Å²) in [7, 11) is 0. The lowest BCUT2D eigenvalue weighted by molar-refractivity contribution is -0.140. The Morgan fingerprint density at radius 3 is 1.27 bits per heavy atom. The maximum atomic E-state index is 6.01. The van der Waals surface area contributed by atoms with E-state index in [1.54, 1.807) is 0 Å². The van der Waals surface area contributed by atoms with Crippen molar-refractivity contribution in [2.24, 2.45) is 0 Å². The molecule has 33 heavy (non-hydrogen) atoms. The van der Waals surface area contributed by atoms with Crippen molar-refractivity contribution in [3.63, 3.8) is 0 Å². The van der Waals surface area contributed by atoms with Gasteiger partial charge in [-0.25, -0.2) is 0 Å². The molecule has 0 spiro atoms. The first kappa shape index (κ1) is 27.4. The summed E-state index contributed by atoms with van der Waals surface area (Å²) in [5.74, 6) is 0. The molecule has 6 heteroatoms. The Morgan fingerprint density at radius 1 is 0.515 bits per heavy atom. The maximum Gasteiger partial charge on any atom is 0.146 e. The standard InChI is InChI=1S/C27H40O6/c1-22(2)30-19-26(32-15-24-11-7-5-8-12-24)17-28-21-29-18-27(20-31-23(3)4)33-16-25-13-9-6-10-14-25/h5-14,22-23,26-27H,15-21H2,1-4H3. The van der Waals surface area contributed by atoms with Gasteiger partial charge in [0.05, 0.1) is 51.8 Å². The summed E-state index contributed by atoms with van der Waals surface area (Å²) in [4.78, 5) is 0. The SMILES string of the molecule is CC(C)OCC(COCOCC(COC(C)C)OCc1ccccc1)OCc1ccccc1. The molecule has 2 atom stereocenters. The summed E-state index contributed by atoms with van der Waals surface area (Å²) in [6, 6.07) is 20.2. The topological polar surface area (TPSA) is 55.4 Å². The molecule has 0 aliphatic rings. The fourth-order valence-electron chi connectivity index (χ4n) is 2.88. The molecular formula is C27H40O6. The van der Waals surface area contributed by atoms with E-state index in [0.29, 0.717) is 39.6 Å². The van der Waals surface area contributed by atoms with Crippen molar-refractivity contribution in [3.8, 4) is 0 Å². The van der Waals surface area contributed by atoms with E-state index < -0.39 is 0 Å². The molecule has 0 aromatic heterocycles. The van der Waals surface area contributed by atoms with Crippen LogP contribution in [0.15, 0.2) is 60.7 Å². The Labute approximate surface area is 199 Å². The highest BCUT2D eigenvalue weighted by Gasteiger charge is 2.14. The fourth-order valence-corrected chi connectivity index (χ4v) is 2.88. The summed E-state index contributed by atoms with van der Waals surface area (Å²) in [5.41, 5.74) is 2.23. The molecule has 0 heterocycles. The lowest BCUT2D eigenvalue weighted by Crippen LogP contribution is -2.30. The summed E-state index contributed by atoms with van der Waals surface area (Å²) in [6.45, 7) is 10.9. The van der Waals surface area contributed by atoms with E-state index in [1.165, 1.54) is 0 Å². The van der Waals surface area contributed by atoms with Crippen LogP contribution < -0.4 is 0 Å². The van der Waals surface area contributed by atoms with Crippen molar-refractivity contribution in [1.29, 1.82) is 0 Å². The Morgan fingerprint density at radius 2 is 0.909 bits per heavy atom. The van der Waals surface area contributed by atoms with Crippen molar-refractivity contribution in [2.45, 2.75) is 65.3 Å². The van der Waals surface area contributed by atoms with Crippen molar-refractivity contribution < 1.29 is 28.4 Å². The molecule has 0 radical (unpaired) electrons. The van der Waals surface area contributed by atoms with Gasteiger partial charge < -0.3 is 28.4 Å². The molecule has 0 saturated heterocycles. The average molecular weight is 461 g/mol. The third-order valence-corrected chi connectivity index (χ3v) is 4.66. The normalized spacial score (nSPS) is 13.5. The van der Waals surface area contributed by atoms with E-state index in [2.05, 4.69) is 0 Å². The van der Waals surface area contributed by atoms with Gasteiger partial charge in [0.15, 0.2) is 0 Å². The van der Waals surface area contributed by atoms with Gasteiger partial charge in [0.1, 0.15) is 19.0 Å². The first-order valence-corrected chi connectivity index (χ1v) is 11.7. The molecule has 0 aliphatic heterocycles. The van der Waals surface area contributed by atoms with E-state index >= 15 is 0 Å². The van der Waals surface area contributed by atoms with E-state index in [-0.39, 0.29) is 31.2 Å². The molecule has 2 unspecified atom stereocenters. The van der Waals surface area contributed by atoms with Gasteiger partial charge in [-0.3, -0.25) is 0 Å². The van der Waals surface area contributed by atoms with Gasteiger partial charge in [0.2, 0.25) is 0 Å². The van der Waals surface area contributed by atoms with Gasteiger partial charge in [-0.2, -0.15) is 0 Å². The molecular weight excluding hydrogens is 420 g/mol. The van der Waals surface area contributed by atoms with Gasteiger partial charge in [-0.1, -0.05) is 60.7 Å². The Hall–Kier alpha value is -1.80. The van der Waals surface area contributed by atoms with Crippen LogP contribution in [-0.2, 0) is 41.6 Å². The fraction of sp³-hybridized carbons (Fsp3) is 0.556. The quantitative estimate of drug-likeness (QED) is 0.231. The molecule has 0 N–H and O–H groups in total. The molecule has 0 amide bonds. The van der Waals surface area contributed by atoms with Gasteiger partial charge in [0.25, 0.3) is 0 Å². The van der Waals surface area contributed by atoms with Gasteiger partial charge in [-0.15, -0.1) is 0 Å². The van der Waals surface area contributed by atoms with E-state index in [4.69, 9.17) is 28.4 Å². The van der Waals surface area contributed by atoms with Crippen molar-refractivity contribution >= 4 is 0 Å². The molecule has 6 nitrogen and oxygen atoms in total. The smallest absolute Gasteiger partial charge is 0.146 e. The van der Waals surface area contributed by atoms with Gasteiger partial charge in [-0.05, 0) is 38.8 Å². The van der Waals surface area contributed by atoms with Crippen molar-refractivity contribution in [1.82, 2.24) is 0 Å². The van der Waals surface area contributed by atoms with E-state index in [9.17, 15) is 0 Å². The van der Waals surface area contributed by atoms with Crippen LogP contribution in [0.1, 0.15) is 38.8 Å². The molecule has 0 fully saturated rings. The number of ether oxygens (including phenoxy) is 6. The van der Waals surface area contributed by atoms with E-state index in [1.807, 2.05) is 88.4 Å². The zero-order chi connectivity index (χ0) is 23.7. The molecule has 0 bridgehead atoms. The minimum Gasteiger partial charge on any atom is -0.376 e. The summed E-state index contributed by atoms with van der Waals surface area (Å²) in [5, 5.41) is 0. The molecule has 184 valence electrons. The van der Waals surface area contributed by atoms with E-state index in [0.717, 1.165) is 11.1 Å². The Balaban J connectivity index is 1.72. The highest BCUT2D eigenvalue weighted by molar-refractivity contribution is 5.14. The monoisotopic (exact) mass is 460 g/mol. The zero-order valence-corrected chi connectivity index (χ0v) is 20.5. The van der Waals surface area contributed by atoms with Crippen LogP contribution in [0, 0.1) is 0 Å². The van der Waals surface area contributed by atoms with Crippen LogP contribution in [0.3, 0.4) is 0 Å². The van der Waals surface area contributed by atoms with Crippen molar-refractivity contribution in [2.75, 3.05) is 33.2 Å². The molecule has 2 aromatic rings. The van der Waals surface area contributed by atoms with Crippen LogP contribution in [0.2, 0.25) is 0 Å².